The maximum atomic E-state index is 11.8. The molecule has 3 rings (SSSR count). The Morgan fingerprint density at radius 3 is 2.70 bits per heavy atom. The van der Waals surface area contributed by atoms with Crippen molar-refractivity contribution in [3.8, 4) is 11.5 Å². The first-order valence-electron chi connectivity index (χ1n) is 6.73. The van der Waals surface area contributed by atoms with Crippen molar-refractivity contribution >= 4 is 16.8 Å². The summed E-state index contributed by atoms with van der Waals surface area (Å²) in [5.74, 6) is 1.04. The van der Waals surface area contributed by atoms with Gasteiger partial charge in [0.2, 0.25) is 0 Å². The number of aryl methyl sites for hydroxylation is 2. The molecule has 0 atom stereocenters. The Hall–Kier alpha value is -2.36. The van der Waals surface area contributed by atoms with Crippen molar-refractivity contribution in [1.29, 1.82) is 0 Å². The topological polar surface area (TPSA) is 39.8 Å². The molecule has 0 aliphatic heterocycles. The minimum absolute atomic E-state index is 0.158. The van der Waals surface area contributed by atoms with Crippen molar-refractivity contribution in [2.24, 2.45) is 14.1 Å². The molecule has 0 aliphatic rings. The van der Waals surface area contributed by atoms with E-state index in [0.717, 1.165) is 28.1 Å². The lowest BCUT2D eigenvalue weighted by atomic mass is 10.2. The van der Waals surface area contributed by atoms with Gasteiger partial charge in [0.05, 0.1) is 16.7 Å². The van der Waals surface area contributed by atoms with E-state index in [-0.39, 0.29) is 5.78 Å². The Morgan fingerprint density at radius 2 is 2.00 bits per heavy atom. The number of imidazole rings is 1. The lowest BCUT2D eigenvalue weighted by Crippen LogP contribution is -1.97. The standard InChI is InChI=1S/C16H17N3O/c1-4-15(20)11-9-14(18(2)10-11)16-17-12-7-5-6-8-13(12)19(16)3/h5-10H,4H2,1-3H3. The number of hydrogen-bond acceptors (Lipinski definition) is 2. The van der Waals surface area contributed by atoms with Gasteiger partial charge in [0.15, 0.2) is 11.6 Å². The molecular formula is C16H17N3O. The average molecular weight is 267 g/mol. The van der Waals surface area contributed by atoms with Gasteiger partial charge in [0, 0.05) is 32.3 Å². The van der Waals surface area contributed by atoms with Crippen LogP contribution in [0.15, 0.2) is 36.5 Å². The molecule has 0 fully saturated rings. The molecular weight excluding hydrogens is 250 g/mol. The summed E-state index contributed by atoms with van der Waals surface area (Å²) >= 11 is 0. The molecule has 0 radical (unpaired) electrons. The van der Waals surface area contributed by atoms with E-state index < -0.39 is 0 Å². The number of carbonyl (C=O) groups is 1. The van der Waals surface area contributed by atoms with Crippen molar-refractivity contribution in [1.82, 2.24) is 14.1 Å². The molecule has 0 saturated heterocycles. The molecule has 4 nitrogen and oxygen atoms in total. The lowest BCUT2D eigenvalue weighted by molar-refractivity contribution is 0.0988. The molecule has 0 saturated carbocycles. The van der Waals surface area contributed by atoms with Gasteiger partial charge in [-0.05, 0) is 18.2 Å². The Balaban J connectivity index is 2.18. The Labute approximate surface area is 117 Å². The van der Waals surface area contributed by atoms with Crippen LogP contribution in [0.3, 0.4) is 0 Å². The van der Waals surface area contributed by atoms with Gasteiger partial charge >= 0.3 is 0 Å². The second kappa shape index (κ2) is 4.63. The number of nitrogens with zero attached hydrogens (tertiary/aromatic N) is 3. The number of ketones is 1. The summed E-state index contributed by atoms with van der Waals surface area (Å²) in [4.78, 5) is 16.5. The number of aromatic nitrogens is 3. The highest BCUT2D eigenvalue weighted by atomic mass is 16.1. The van der Waals surface area contributed by atoms with Crippen LogP contribution in [0.5, 0.6) is 0 Å². The predicted molar refractivity (Wildman–Crippen MR) is 79.7 cm³/mol. The van der Waals surface area contributed by atoms with E-state index in [4.69, 9.17) is 0 Å². The Bertz CT molecular complexity index is 795. The minimum atomic E-state index is 0.158. The summed E-state index contributed by atoms with van der Waals surface area (Å²) in [6.45, 7) is 1.88. The van der Waals surface area contributed by atoms with E-state index in [1.54, 1.807) is 0 Å². The number of benzene rings is 1. The zero-order valence-electron chi connectivity index (χ0n) is 11.9. The van der Waals surface area contributed by atoms with Gasteiger partial charge in [-0.2, -0.15) is 0 Å². The maximum Gasteiger partial charge on any atom is 0.164 e. The van der Waals surface area contributed by atoms with Crippen LogP contribution in [0.4, 0.5) is 0 Å². The fourth-order valence-electron chi connectivity index (χ4n) is 2.52. The Morgan fingerprint density at radius 1 is 1.25 bits per heavy atom. The third kappa shape index (κ3) is 1.84. The van der Waals surface area contributed by atoms with Gasteiger partial charge in [-0.15, -0.1) is 0 Å². The monoisotopic (exact) mass is 267 g/mol. The molecule has 4 heteroatoms. The molecule has 0 spiro atoms. The zero-order chi connectivity index (χ0) is 14.3. The maximum absolute atomic E-state index is 11.8. The van der Waals surface area contributed by atoms with Crippen LogP contribution in [0.25, 0.3) is 22.6 Å². The molecule has 3 aromatic rings. The van der Waals surface area contributed by atoms with Crippen molar-refractivity contribution in [2.45, 2.75) is 13.3 Å². The van der Waals surface area contributed by atoms with Crippen LogP contribution in [0.2, 0.25) is 0 Å². The fourth-order valence-corrected chi connectivity index (χ4v) is 2.52. The highest BCUT2D eigenvalue weighted by Crippen LogP contribution is 2.25. The van der Waals surface area contributed by atoms with Crippen LogP contribution in [-0.2, 0) is 14.1 Å². The number of carbonyl (C=O) groups excluding carboxylic acids is 1. The van der Waals surface area contributed by atoms with Gasteiger partial charge < -0.3 is 9.13 Å². The molecule has 20 heavy (non-hydrogen) atoms. The molecule has 0 aliphatic carbocycles. The third-order valence-electron chi connectivity index (χ3n) is 3.66. The second-order valence-electron chi connectivity index (χ2n) is 4.98. The summed E-state index contributed by atoms with van der Waals surface area (Å²) < 4.78 is 4.02. The third-order valence-corrected chi connectivity index (χ3v) is 3.66. The summed E-state index contributed by atoms with van der Waals surface area (Å²) in [6, 6.07) is 9.96. The van der Waals surface area contributed by atoms with Crippen molar-refractivity contribution < 1.29 is 4.79 Å². The highest BCUT2D eigenvalue weighted by Gasteiger charge is 2.15. The molecule has 0 amide bonds. The number of rotatable bonds is 3. The van der Waals surface area contributed by atoms with Crippen LogP contribution in [0.1, 0.15) is 23.7 Å². The van der Waals surface area contributed by atoms with E-state index in [0.29, 0.717) is 6.42 Å². The molecule has 2 heterocycles. The lowest BCUT2D eigenvalue weighted by Gasteiger charge is -2.03. The summed E-state index contributed by atoms with van der Waals surface area (Å²) in [5, 5.41) is 0. The van der Waals surface area contributed by atoms with Crippen LogP contribution in [0, 0.1) is 0 Å². The summed E-state index contributed by atoms with van der Waals surface area (Å²) in [5.41, 5.74) is 3.76. The van der Waals surface area contributed by atoms with Gasteiger partial charge in [0.1, 0.15) is 0 Å². The molecule has 1 aromatic carbocycles. The van der Waals surface area contributed by atoms with Gasteiger partial charge in [-0.25, -0.2) is 4.98 Å². The minimum Gasteiger partial charge on any atom is -0.347 e. The van der Waals surface area contributed by atoms with Crippen molar-refractivity contribution in [3.63, 3.8) is 0 Å². The number of hydrogen-bond donors (Lipinski definition) is 0. The van der Waals surface area contributed by atoms with Crippen LogP contribution < -0.4 is 0 Å². The normalized spacial score (nSPS) is 11.2. The van der Waals surface area contributed by atoms with E-state index >= 15 is 0 Å². The number of para-hydroxylation sites is 2. The van der Waals surface area contributed by atoms with Gasteiger partial charge in [-0.3, -0.25) is 4.79 Å². The van der Waals surface area contributed by atoms with Crippen molar-refractivity contribution in [3.05, 3.63) is 42.1 Å². The zero-order valence-corrected chi connectivity index (χ0v) is 11.9. The highest BCUT2D eigenvalue weighted by molar-refractivity contribution is 5.97. The first-order chi connectivity index (χ1) is 9.61. The SMILES string of the molecule is CCC(=O)c1cc(-c2nc3ccccc3n2C)n(C)c1. The summed E-state index contributed by atoms with van der Waals surface area (Å²) in [7, 11) is 3.94. The molecule has 0 bridgehead atoms. The molecule has 0 unspecified atom stereocenters. The largest absolute Gasteiger partial charge is 0.347 e. The first kappa shape index (κ1) is 12.7. The molecule has 102 valence electrons. The second-order valence-corrected chi connectivity index (χ2v) is 4.98. The van der Waals surface area contributed by atoms with E-state index in [2.05, 4.69) is 9.55 Å². The van der Waals surface area contributed by atoms with Gasteiger partial charge in [0.25, 0.3) is 0 Å². The predicted octanol–water partition coefficient (Wildman–Crippen LogP) is 3.17. The average Bonchev–Trinajstić information content (AvgIpc) is 2.99. The number of Topliss-reactive ketones (excluding diaryl/α,β-unsaturated/α-hetero) is 1. The fraction of sp³-hybridized carbons (Fsp3) is 0.250. The van der Waals surface area contributed by atoms with Crippen LogP contribution >= 0.6 is 0 Å². The van der Waals surface area contributed by atoms with Gasteiger partial charge in [-0.1, -0.05) is 19.1 Å². The quantitative estimate of drug-likeness (QED) is 0.684. The van der Waals surface area contributed by atoms with Crippen molar-refractivity contribution in [2.75, 3.05) is 0 Å². The van der Waals surface area contributed by atoms with E-state index in [1.165, 1.54) is 0 Å². The Kier molecular flexibility index (Phi) is 2.93. The first-order valence-corrected chi connectivity index (χ1v) is 6.73. The molecule has 0 N–H and O–H groups in total. The number of fused-ring (bicyclic) bond motifs is 1. The van der Waals surface area contributed by atoms with E-state index in [9.17, 15) is 4.79 Å². The van der Waals surface area contributed by atoms with Crippen LogP contribution in [-0.4, -0.2) is 19.9 Å². The summed E-state index contributed by atoms with van der Waals surface area (Å²) in [6.07, 6.45) is 2.40. The molecule has 2 aromatic heterocycles. The van der Waals surface area contributed by atoms with E-state index in [1.807, 2.05) is 62.1 Å². The smallest absolute Gasteiger partial charge is 0.164 e.